The molecule has 1 nitrogen and oxygen atoms in total. The lowest BCUT2D eigenvalue weighted by Gasteiger charge is -2.21. The van der Waals surface area contributed by atoms with Gasteiger partial charge in [0, 0.05) is 10.8 Å². The molecule has 3 heteroatoms. The maximum atomic E-state index is 6.74. The number of fused-ring (bicyclic) bond motifs is 1. The lowest BCUT2D eigenvalue weighted by Crippen LogP contribution is -2.36. The molecular formula is C34H22BOP. The summed E-state index contributed by atoms with van der Waals surface area (Å²) >= 11 is 0. The summed E-state index contributed by atoms with van der Waals surface area (Å²) in [5, 5.41) is 7.57. The summed E-state index contributed by atoms with van der Waals surface area (Å²) in [6.45, 7) is 0. The van der Waals surface area contributed by atoms with E-state index in [2.05, 4.69) is 130 Å². The summed E-state index contributed by atoms with van der Waals surface area (Å²) < 4.78 is 6.74. The van der Waals surface area contributed by atoms with Crippen molar-refractivity contribution < 1.29 is 4.74 Å². The molecule has 0 amide bonds. The fraction of sp³-hybridized carbons (Fsp3) is 0. The quantitative estimate of drug-likeness (QED) is 0.136. The van der Waals surface area contributed by atoms with Crippen LogP contribution in [0.4, 0.5) is 0 Å². The summed E-state index contributed by atoms with van der Waals surface area (Å²) in [5.74, 6) is 1.86. The normalized spacial score (nSPS) is 12.6. The van der Waals surface area contributed by atoms with Crippen LogP contribution in [0.25, 0.3) is 54.6 Å². The van der Waals surface area contributed by atoms with Crippen molar-refractivity contribution in [2.24, 2.45) is 0 Å². The summed E-state index contributed by atoms with van der Waals surface area (Å²) in [6.07, 6.45) is 0.157. The minimum atomic E-state index is 0.157. The lowest BCUT2D eigenvalue weighted by molar-refractivity contribution is 0.493. The first kappa shape index (κ1) is 21.0. The van der Waals surface area contributed by atoms with Crippen molar-refractivity contribution in [2.75, 3.05) is 0 Å². The van der Waals surface area contributed by atoms with Gasteiger partial charge in [0.1, 0.15) is 11.5 Å². The molecule has 0 aromatic heterocycles. The van der Waals surface area contributed by atoms with Crippen molar-refractivity contribution in [2.45, 2.75) is 0 Å². The zero-order valence-electron chi connectivity index (χ0n) is 20.1. The van der Waals surface area contributed by atoms with Gasteiger partial charge >= 0.3 is 0 Å². The van der Waals surface area contributed by atoms with Gasteiger partial charge in [-0.1, -0.05) is 109 Å². The van der Waals surface area contributed by atoms with Gasteiger partial charge in [-0.05, 0) is 67.5 Å². The minimum absolute atomic E-state index is 0.157. The fourth-order valence-corrected chi connectivity index (χ4v) is 6.71. The number of rotatable bonds is 2. The van der Waals surface area contributed by atoms with E-state index in [1.165, 1.54) is 65.5 Å². The van der Waals surface area contributed by atoms with E-state index in [1.807, 2.05) is 0 Å². The molecule has 0 radical (unpaired) electrons. The molecule has 1 aliphatic heterocycles. The highest BCUT2D eigenvalue weighted by Crippen LogP contribution is 2.47. The van der Waals surface area contributed by atoms with Crippen molar-refractivity contribution in [3.63, 3.8) is 0 Å². The molecule has 0 aliphatic carbocycles. The smallest absolute Gasteiger partial charge is 0.236 e. The highest BCUT2D eigenvalue weighted by molar-refractivity contribution is 7.68. The first-order valence-electron chi connectivity index (χ1n) is 12.7. The van der Waals surface area contributed by atoms with Gasteiger partial charge in [0.05, 0.1) is 0 Å². The fourth-order valence-electron chi connectivity index (χ4n) is 6.16. The zero-order chi connectivity index (χ0) is 24.5. The van der Waals surface area contributed by atoms with E-state index in [-0.39, 0.29) is 6.43 Å². The Morgan fingerprint density at radius 1 is 0.486 bits per heavy atom. The number of benzene rings is 7. The average Bonchev–Trinajstić information content (AvgIpc) is 3.08. The summed E-state index contributed by atoms with van der Waals surface area (Å²) in [7, 11) is 3.07. The van der Waals surface area contributed by atoms with E-state index < -0.39 is 0 Å². The Kier molecular flexibility index (Phi) is 4.51. The van der Waals surface area contributed by atoms with Crippen LogP contribution in [0.1, 0.15) is 0 Å². The van der Waals surface area contributed by atoms with Crippen molar-refractivity contribution >= 4 is 58.8 Å². The Bertz CT molecular complexity index is 1960. The van der Waals surface area contributed by atoms with Crippen LogP contribution in [0.15, 0.2) is 121 Å². The monoisotopic (exact) mass is 488 g/mol. The molecule has 37 heavy (non-hydrogen) atoms. The van der Waals surface area contributed by atoms with E-state index in [1.54, 1.807) is 0 Å². The second-order valence-corrected chi connectivity index (χ2v) is 10.5. The topological polar surface area (TPSA) is 9.23 Å². The number of hydrogen-bond donors (Lipinski definition) is 0. The second-order valence-electron chi connectivity index (χ2n) is 9.86. The van der Waals surface area contributed by atoms with E-state index in [0.29, 0.717) is 0 Å². The molecule has 0 spiro atoms. The molecule has 8 rings (SSSR count). The van der Waals surface area contributed by atoms with Gasteiger partial charge < -0.3 is 4.74 Å². The Morgan fingerprint density at radius 2 is 1.14 bits per heavy atom. The summed E-state index contributed by atoms with van der Waals surface area (Å²) in [6, 6.07) is 43.7. The molecule has 1 aliphatic rings. The first-order valence-corrected chi connectivity index (χ1v) is 13.4. The van der Waals surface area contributed by atoms with Crippen LogP contribution in [-0.2, 0) is 0 Å². The molecule has 0 bridgehead atoms. The maximum Gasteiger partial charge on any atom is 0.236 e. The largest absolute Gasteiger partial charge is 0.457 e. The van der Waals surface area contributed by atoms with Crippen molar-refractivity contribution in [3.8, 4) is 33.8 Å². The minimum Gasteiger partial charge on any atom is -0.457 e. The van der Waals surface area contributed by atoms with E-state index >= 15 is 0 Å². The molecule has 0 saturated heterocycles. The first-order chi connectivity index (χ1) is 18.3. The Labute approximate surface area is 218 Å². The van der Waals surface area contributed by atoms with Gasteiger partial charge in [0.25, 0.3) is 0 Å². The number of ether oxygens (including phenoxy) is 1. The maximum absolute atomic E-state index is 6.74. The van der Waals surface area contributed by atoms with Crippen molar-refractivity contribution in [1.82, 2.24) is 0 Å². The Balaban J connectivity index is 1.59. The Hall–Kier alpha value is -4.13. The predicted molar refractivity (Wildman–Crippen MR) is 162 cm³/mol. The Morgan fingerprint density at radius 3 is 1.89 bits per heavy atom. The van der Waals surface area contributed by atoms with Crippen molar-refractivity contribution in [3.05, 3.63) is 121 Å². The molecule has 1 atom stereocenters. The molecule has 0 saturated carbocycles. The van der Waals surface area contributed by atoms with E-state index in [0.717, 1.165) is 11.5 Å². The van der Waals surface area contributed by atoms with Gasteiger partial charge in [-0.25, -0.2) is 0 Å². The lowest BCUT2D eigenvalue weighted by atomic mass is 9.60. The van der Waals surface area contributed by atoms with Gasteiger partial charge in [-0.15, -0.1) is 0 Å². The third kappa shape index (κ3) is 3.03. The highest BCUT2D eigenvalue weighted by atomic mass is 31.0. The summed E-state index contributed by atoms with van der Waals surface area (Å²) in [4.78, 5) is 0. The standard InChI is InChI=1S/C34H22BOP/c37-35-28-13-7-8-14-30(28)36-31-20-27-26(22-11-5-2-6-12-22)19-25(21-9-3-1-4-10-21)24-17-15-23-16-18-29(35)34(31)32(23)33(24)27/h1-20H,37H2. The van der Waals surface area contributed by atoms with Crippen LogP contribution in [0.3, 0.4) is 0 Å². The van der Waals surface area contributed by atoms with Crippen LogP contribution in [0.5, 0.6) is 11.5 Å². The van der Waals surface area contributed by atoms with Crippen molar-refractivity contribution in [1.29, 1.82) is 0 Å². The SMILES string of the molecule is PB1c2ccccc2Oc2cc3c(-c4ccccc4)cc(-c4ccccc4)c4ccc5ccc1c2c5c43. The van der Waals surface area contributed by atoms with Gasteiger partial charge in [-0.2, -0.15) is 9.12 Å². The summed E-state index contributed by atoms with van der Waals surface area (Å²) in [5.41, 5.74) is 7.42. The number of para-hydroxylation sites is 1. The van der Waals surface area contributed by atoms with Crippen LogP contribution in [-0.4, -0.2) is 6.43 Å². The molecule has 1 heterocycles. The molecular weight excluding hydrogens is 466 g/mol. The average molecular weight is 488 g/mol. The molecule has 172 valence electrons. The third-order valence-corrected chi connectivity index (χ3v) is 8.58. The number of hydrogen-bond acceptors (Lipinski definition) is 1. The molecule has 1 unspecified atom stereocenters. The molecule has 7 aromatic rings. The van der Waals surface area contributed by atoms with Crippen LogP contribution < -0.4 is 15.7 Å². The van der Waals surface area contributed by atoms with Gasteiger partial charge in [0.2, 0.25) is 6.43 Å². The van der Waals surface area contributed by atoms with E-state index in [9.17, 15) is 0 Å². The molecule has 0 N–H and O–H groups in total. The van der Waals surface area contributed by atoms with Crippen LogP contribution in [0.2, 0.25) is 0 Å². The van der Waals surface area contributed by atoms with Gasteiger partial charge in [0.15, 0.2) is 0 Å². The van der Waals surface area contributed by atoms with Crippen LogP contribution >= 0.6 is 9.12 Å². The third-order valence-electron chi connectivity index (χ3n) is 7.86. The second kappa shape index (κ2) is 7.94. The molecule has 7 aromatic carbocycles. The van der Waals surface area contributed by atoms with Crippen LogP contribution in [0, 0.1) is 0 Å². The molecule has 0 fully saturated rings. The van der Waals surface area contributed by atoms with E-state index in [4.69, 9.17) is 4.74 Å². The van der Waals surface area contributed by atoms with Gasteiger partial charge in [-0.3, -0.25) is 0 Å². The predicted octanol–water partition coefficient (Wildman–Crippen LogP) is 8.00. The highest BCUT2D eigenvalue weighted by Gasteiger charge is 2.28. The zero-order valence-corrected chi connectivity index (χ0v) is 21.3.